The van der Waals surface area contributed by atoms with Crippen molar-refractivity contribution >= 4 is 35.2 Å². The van der Waals surface area contributed by atoms with Crippen LogP contribution in [0.3, 0.4) is 0 Å². The van der Waals surface area contributed by atoms with Gasteiger partial charge in [0.15, 0.2) is 6.61 Å². The topological polar surface area (TPSA) is 127 Å². The first kappa shape index (κ1) is 23.3. The molecule has 1 aromatic heterocycles. The number of rotatable bonds is 8. The van der Waals surface area contributed by atoms with Gasteiger partial charge < -0.3 is 20.2 Å². The number of primary amides is 1. The van der Waals surface area contributed by atoms with Gasteiger partial charge in [0.2, 0.25) is 0 Å². The van der Waals surface area contributed by atoms with Gasteiger partial charge in [0.05, 0.1) is 12.0 Å². The van der Waals surface area contributed by atoms with Crippen LogP contribution in [0.4, 0.5) is 4.79 Å². The molecule has 0 radical (unpaired) electrons. The Bertz CT molecular complexity index is 988. The molecule has 9 nitrogen and oxygen atoms in total. The molecule has 10 heteroatoms. The van der Waals surface area contributed by atoms with Gasteiger partial charge >= 0.3 is 12.0 Å². The van der Waals surface area contributed by atoms with E-state index in [-0.39, 0.29) is 5.92 Å². The number of nitrogens with zero attached hydrogens (tertiary/aromatic N) is 2. The number of furan rings is 1. The third kappa shape index (κ3) is 5.88. The first-order valence-electron chi connectivity index (χ1n) is 10.2. The first-order valence-corrected chi connectivity index (χ1v) is 10.5. The van der Waals surface area contributed by atoms with Crippen LogP contribution in [0.15, 0.2) is 52.2 Å². The van der Waals surface area contributed by atoms with E-state index in [0.29, 0.717) is 29.3 Å². The molecule has 2 aromatic rings. The summed E-state index contributed by atoms with van der Waals surface area (Å²) in [6.07, 6.45) is 2.27. The molecule has 0 bridgehead atoms. The fourth-order valence-corrected chi connectivity index (χ4v) is 3.54. The molecular formula is C22H25ClN4O5. The van der Waals surface area contributed by atoms with Crippen molar-refractivity contribution in [2.75, 3.05) is 6.61 Å². The molecule has 1 aliphatic heterocycles. The molecule has 32 heavy (non-hydrogen) atoms. The monoisotopic (exact) mass is 460 g/mol. The van der Waals surface area contributed by atoms with Gasteiger partial charge in [0.25, 0.3) is 5.91 Å². The SMILES string of the molecule is CC(C)C[C@H](NC(N)=O)C(=O)OCC(=O)N1N=C(c2ccc(Cl)cc2)C[C@H]1c1ccco1. The van der Waals surface area contributed by atoms with Crippen LogP contribution < -0.4 is 11.1 Å². The number of hydrogen-bond donors (Lipinski definition) is 2. The van der Waals surface area contributed by atoms with Crippen molar-refractivity contribution in [1.82, 2.24) is 10.3 Å². The highest BCUT2D eigenvalue weighted by Crippen LogP contribution is 2.33. The highest BCUT2D eigenvalue weighted by atomic mass is 35.5. The lowest BCUT2D eigenvalue weighted by Crippen LogP contribution is -2.46. The molecule has 0 unspecified atom stereocenters. The first-order chi connectivity index (χ1) is 15.2. The number of carbonyl (C=O) groups is 3. The predicted molar refractivity (Wildman–Crippen MR) is 118 cm³/mol. The Morgan fingerprint density at radius 2 is 2.00 bits per heavy atom. The van der Waals surface area contributed by atoms with Gasteiger partial charge in [-0.2, -0.15) is 5.10 Å². The standard InChI is InChI=1S/C22H25ClN4O5/c1-13(2)10-17(25-22(24)30)21(29)32-12-20(28)27-18(19-4-3-9-31-19)11-16(26-27)14-5-7-15(23)8-6-14/h3-9,13,17-18H,10-12H2,1-2H3,(H3,24,25,30)/t17-,18-/m0/s1. The van der Waals surface area contributed by atoms with Crippen molar-refractivity contribution < 1.29 is 23.5 Å². The number of nitrogens with two attached hydrogens (primary N) is 1. The lowest BCUT2D eigenvalue weighted by atomic mass is 10.0. The van der Waals surface area contributed by atoms with Crippen molar-refractivity contribution in [2.45, 2.75) is 38.8 Å². The van der Waals surface area contributed by atoms with E-state index in [0.717, 1.165) is 5.56 Å². The largest absolute Gasteiger partial charge is 0.467 e. The molecule has 3 amide bonds. The number of amides is 3. The molecule has 0 aliphatic carbocycles. The summed E-state index contributed by atoms with van der Waals surface area (Å²) in [5.74, 6) is -0.596. The molecule has 0 spiro atoms. The molecule has 0 saturated carbocycles. The highest BCUT2D eigenvalue weighted by Gasteiger charge is 2.35. The summed E-state index contributed by atoms with van der Waals surface area (Å²) in [5.41, 5.74) is 6.64. The van der Waals surface area contributed by atoms with Gasteiger partial charge in [-0.15, -0.1) is 0 Å². The Morgan fingerprint density at radius 1 is 1.28 bits per heavy atom. The summed E-state index contributed by atoms with van der Waals surface area (Å²) in [6.45, 7) is 3.24. The van der Waals surface area contributed by atoms with E-state index in [4.69, 9.17) is 26.5 Å². The summed E-state index contributed by atoms with van der Waals surface area (Å²) in [5, 5.41) is 8.67. The zero-order valence-corrected chi connectivity index (χ0v) is 18.5. The highest BCUT2D eigenvalue weighted by molar-refractivity contribution is 6.30. The molecular weight excluding hydrogens is 436 g/mol. The number of hydrazone groups is 1. The van der Waals surface area contributed by atoms with Crippen LogP contribution >= 0.6 is 11.6 Å². The zero-order chi connectivity index (χ0) is 23.3. The molecule has 0 fully saturated rings. The van der Waals surface area contributed by atoms with Gasteiger partial charge in [0, 0.05) is 11.4 Å². The van der Waals surface area contributed by atoms with Crippen LogP contribution in [0, 0.1) is 5.92 Å². The van der Waals surface area contributed by atoms with Gasteiger partial charge in [-0.05, 0) is 42.2 Å². The lowest BCUT2D eigenvalue weighted by molar-refractivity contribution is -0.154. The second-order valence-electron chi connectivity index (χ2n) is 7.83. The number of ether oxygens (including phenoxy) is 1. The number of esters is 1. The fourth-order valence-electron chi connectivity index (χ4n) is 3.42. The van der Waals surface area contributed by atoms with E-state index in [1.807, 2.05) is 26.0 Å². The predicted octanol–water partition coefficient (Wildman–Crippen LogP) is 3.24. The third-order valence-electron chi connectivity index (χ3n) is 4.86. The summed E-state index contributed by atoms with van der Waals surface area (Å²) < 4.78 is 10.7. The van der Waals surface area contributed by atoms with E-state index in [9.17, 15) is 14.4 Å². The summed E-state index contributed by atoms with van der Waals surface area (Å²) >= 11 is 5.96. The number of carbonyl (C=O) groups excluding carboxylic acids is 3. The fraction of sp³-hybridized carbons (Fsp3) is 0.364. The van der Waals surface area contributed by atoms with Gasteiger partial charge in [-0.25, -0.2) is 14.6 Å². The Hall–Kier alpha value is -3.33. The molecule has 170 valence electrons. The summed E-state index contributed by atoms with van der Waals surface area (Å²) in [4.78, 5) is 36.6. The van der Waals surface area contributed by atoms with Crippen molar-refractivity contribution in [3.05, 3.63) is 59.0 Å². The molecule has 2 atom stereocenters. The normalized spacial score (nSPS) is 16.6. The number of halogens is 1. The quantitative estimate of drug-likeness (QED) is 0.584. The number of benzene rings is 1. The third-order valence-corrected chi connectivity index (χ3v) is 5.11. The van der Waals surface area contributed by atoms with Crippen molar-refractivity contribution in [3.63, 3.8) is 0 Å². The van der Waals surface area contributed by atoms with Crippen LogP contribution in [0.5, 0.6) is 0 Å². The second-order valence-corrected chi connectivity index (χ2v) is 8.26. The van der Waals surface area contributed by atoms with Gasteiger partial charge in [0.1, 0.15) is 17.8 Å². The molecule has 0 saturated heterocycles. The Balaban J connectivity index is 1.73. The van der Waals surface area contributed by atoms with Crippen molar-refractivity contribution in [3.8, 4) is 0 Å². The van der Waals surface area contributed by atoms with E-state index >= 15 is 0 Å². The smallest absolute Gasteiger partial charge is 0.329 e. The van der Waals surface area contributed by atoms with Crippen molar-refractivity contribution in [1.29, 1.82) is 0 Å². The maximum Gasteiger partial charge on any atom is 0.329 e. The Morgan fingerprint density at radius 3 is 2.59 bits per heavy atom. The average Bonchev–Trinajstić information content (AvgIpc) is 3.41. The molecule has 2 heterocycles. The van der Waals surface area contributed by atoms with Crippen LogP contribution in [0.1, 0.15) is 44.1 Å². The minimum atomic E-state index is -0.937. The summed E-state index contributed by atoms with van der Waals surface area (Å²) in [6, 6.07) is 8.36. The molecule has 3 N–H and O–H groups in total. The van der Waals surface area contributed by atoms with Crippen LogP contribution in [-0.2, 0) is 14.3 Å². The van der Waals surface area contributed by atoms with Crippen molar-refractivity contribution in [2.24, 2.45) is 16.8 Å². The molecule has 1 aromatic carbocycles. The van der Waals surface area contributed by atoms with E-state index in [1.54, 1.807) is 24.3 Å². The Labute approximate surface area is 190 Å². The van der Waals surface area contributed by atoms with Crippen LogP contribution in [0.25, 0.3) is 0 Å². The molecule has 3 rings (SSSR count). The van der Waals surface area contributed by atoms with Crippen LogP contribution in [0.2, 0.25) is 5.02 Å². The second kappa shape index (κ2) is 10.3. The van der Waals surface area contributed by atoms with Crippen LogP contribution in [-0.4, -0.2) is 41.3 Å². The lowest BCUT2D eigenvalue weighted by Gasteiger charge is -2.21. The average molecular weight is 461 g/mol. The maximum absolute atomic E-state index is 12.9. The zero-order valence-electron chi connectivity index (χ0n) is 17.8. The number of hydrogen-bond acceptors (Lipinski definition) is 6. The number of nitrogens with one attached hydrogen (secondary N) is 1. The van der Waals surface area contributed by atoms with E-state index < -0.39 is 36.6 Å². The van der Waals surface area contributed by atoms with Gasteiger partial charge in [-0.3, -0.25) is 4.79 Å². The number of urea groups is 1. The minimum Gasteiger partial charge on any atom is -0.467 e. The molecule has 1 aliphatic rings. The Kier molecular flexibility index (Phi) is 7.53. The van der Waals surface area contributed by atoms with E-state index in [1.165, 1.54) is 11.3 Å². The van der Waals surface area contributed by atoms with Gasteiger partial charge in [-0.1, -0.05) is 37.6 Å². The summed E-state index contributed by atoms with van der Waals surface area (Å²) in [7, 11) is 0. The minimum absolute atomic E-state index is 0.101. The maximum atomic E-state index is 12.9. The van der Waals surface area contributed by atoms with E-state index in [2.05, 4.69) is 10.4 Å².